The summed E-state index contributed by atoms with van der Waals surface area (Å²) >= 11 is 0. The minimum atomic E-state index is -4.71. The number of piperazine rings is 1. The lowest BCUT2D eigenvalue weighted by molar-refractivity contribution is -0.138. The number of nitrogens with zero attached hydrogens (tertiary/aromatic N) is 4. The second kappa shape index (κ2) is 8.77. The Morgan fingerprint density at radius 1 is 1.08 bits per heavy atom. The van der Waals surface area contributed by atoms with Crippen LogP contribution in [0.4, 0.5) is 27.8 Å². The summed E-state index contributed by atoms with van der Waals surface area (Å²) in [4.78, 5) is 33.1. The summed E-state index contributed by atoms with van der Waals surface area (Å²) in [6.07, 6.45) is -3.27. The predicted octanol–water partition coefficient (Wildman–Crippen LogP) is 2.62. The molecule has 5 rings (SSSR count). The minimum Gasteiger partial charge on any atom is -0.473 e. The Balaban J connectivity index is 1.32. The number of nitrogens with one attached hydrogen (secondary N) is 1. The molecular formula is C22H16F5N5O4. The van der Waals surface area contributed by atoms with E-state index in [0.717, 1.165) is 18.3 Å². The second-order valence-electron chi connectivity index (χ2n) is 8.12. The minimum absolute atomic E-state index is 0.0112. The van der Waals surface area contributed by atoms with Crippen molar-refractivity contribution in [3.8, 4) is 17.4 Å². The molecule has 188 valence electrons. The largest absolute Gasteiger partial charge is 0.473 e. The molecule has 1 fully saturated rings. The molecule has 14 heteroatoms. The highest BCUT2D eigenvalue weighted by molar-refractivity contribution is 5.83. The van der Waals surface area contributed by atoms with E-state index in [2.05, 4.69) is 15.3 Å². The van der Waals surface area contributed by atoms with Crippen LogP contribution in [0.3, 0.4) is 0 Å². The number of carbonyl (C=O) groups is 1. The highest BCUT2D eigenvalue weighted by Crippen LogP contribution is 2.34. The highest BCUT2D eigenvalue weighted by Gasteiger charge is 2.35. The first-order chi connectivity index (χ1) is 17.1. The van der Waals surface area contributed by atoms with E-state index >= 15 is 0 Å². The zero-order valence-corrected chi connectivity index (χ0v) is 18.2. The summed E-state index contributed by atoms with van der Waals surface area (Å²) in [5.41, 5.74) is -1.72. The van der Waals surface area contributed by atoms with Crippen LogP contribution < -0.4 is 25.4 Å². The first kappa shape index (κ1) is 23.5. The Labute approximate surface area is 199 Å². The maximum absolute atomic E-state index is 14.5. The number of ether oxygens (including phenoxy) is 2. The molecule has 2 aliphatic rings. The van der Waals surface area contributed by atoms with Crippen molar-refractivity contribution >= 4 is 11.7 Å². The third-order valence-electron chi connectivity index (χ3n) is 5.65. The van der Waals surface area contributed by atoms with Crippen LogP contribution in [0, 0.1) is 11.6 Å². The van der Waals surface area contributed by atoms with E-state index < -0.39 is 40.6 Å². The van der Waals surface area contributed by atoms with Crippen LogP contribution >= 0.6 is 0 Å². The van der Waals surface area contributed by atoms with Crippen LogP contribution in [0.5, 0.6) is 17.4 Å². The maximum Gasteiger partial charge on any atom is 0.418 e. The molecule has 3 aromatic rings. The van der Waals surface area contributed by atoms with Gasteiger partial charge in [0.1, 0.15) is 18.2 Å². The fourth-order valence-corrected chi connectivity index (χ4v) is 3.98. The van der Waals surface area contributed by atoms with Crippen LogP contribution in [0.1, 0.15) is 11.1 Å². The molecule has 9 nitrogen and oxygen atoms in total. The summed E-state index contributed by atoms with van der Waals surface area (Å²) < 4.78 is 79.4. The molecule has 0 bridgehead atoms. The topological polar surface area (TPSA) is 98.6 Å². The standard InChI is InChI=1S/C22H16F5N5O4/c23-15-1-11(2-16(24)20(15)36-14-3-12(5-28-7-14)22(25,26)27)10-35-18-4-19-31-9-17(33)29-6-13(31)8-32(19)21(34)30-18/h1-5,7,13H,6,8-10H2,(H,29,33). The van der Waals surface area contributed by atoms with Crippen molar-refractivity contribution in [3.05, 3.63) is 69.9 Å². The lowest BCUT2D eigenvalue weighted by Crippen LogP contribution is -2.52. The molecule has 1 atom stereocenters. The number of pyridine rings is 1. The Morgan fingerprint density at radius 2 is 1.83 bits per heavy atom. The molecule has 1 N–H and O–H groups in total. The number of alkyl halides is 3. The Kier molecular flexibility index (Phi) is 5.73. The van der Waals surface area contributed by atoms with Gasteiger partial charge in [0, 0.05) is 18.8 Å². The van der Waals surface area contributed by atoms with E-state index in [4.69, 9.17) is 9.47 Å². The number of anilines is 1. The highest BCUT2D eigenvalue weighted by atomic mass is 19.4. The number of rotatable bonds is 5. The summed E-state index contributed by atoms with van der Waals surface area (Å²) in [5.74, 6) is -3.64. The van der Waals surface area contributed by atoms with E-state index in [0.29, 0.717) is 31.2 Å². The lowest BCUT2D eigenvalue weighted by atomic mass is 10.2. The van der Waals surface area contributed by atoms with Crippen LogP contribution in [0.25, 0.3) is 0 Å². The molecule has 1 unspecified atom stereocenters. The predicted molar refractivity (Wildman–Crippen MR) is 113 cm³/mol. The fraction of sp³-hybridized carbons (Fsp3) is 0.273. The van der Waals surface area contributed by atoms with Gasteiger partial charge in [-0.15, -0.1) is 0 Å². The molecule has 0 saturated carbocycles. The summed E-state index contributed by atoms with van der Waals surface area (Å²) in [7, 11) is 0. The summed E-state index contributed by atoms with van der Waals surface area (Å²) in [5, 5.41) is 2.73. The van der Waals surface area contributed by atoms with Crippen molar-refractivity contribution in [2.24, 2.45) is 0 Å². The van der Waals surface area contributed by atoms with Crippen LogP contribution in [-0.4, -0.2) is 39.6 Å². The van der Waals surface area contributed by atoms with Crippen molar-refractivity contribution in [2.45, 2.75) is 25.4 Å². The Bertz CT molecular complexity index is 1390. The van der Waals surface area contributed by atoms with Gasteiger partial charge in [-0.05, 0) is 23.8 Å². The van der Waals surface area contributed by atoms with Crippen LogP contribution in [0.15, 0.2) is 41.5 Å². The van der Waals surface area contributed by atoms with Crippen molar-refractivity contribution in [1.82, 2.24) is 19.9 Å². The number of fused-ring (bicyclic) bond motifs is 3. The van der Waals surface area contributed by atoms with Gasteiger partial charge < -0.3 is 19.7 Å². The van der Waals surface area contributed by atoms with Gasteiger partial charge in [-0.25, -0.2) is 13.6 Å². The zero-order valence-electron chi connectivity index (χ0n) is 18.2. The van der Waals surface area contributed by atoms with Crippen molar-refractivity contribution in [1.29, 1.82) is 0 Å². The van der Waals surface area contributed by atoms with Crippen molar-refractivity contribution < 1.29 is 36.2 Å². The molecule has 36 heavy (non-hydrogen) atoms. The Hall–Kier alpha value is -4.23. The number of aromatic nitrogens is 3. The number of hydrogen-bond acceptors (Lipinski definition) is 7. The number of hydrogen-bond donors (Lipinski definition) is 1. The third-order valence-corrected chi connectivity index (χ3v) is 5.65. The van der Waals surface area contributed by atoms with Gasteiger partial charge in [-0.3, -0.25) is 14.3 Å². The number of halogens is 5. The quantitative estimate of drug-likeness (QED) is 0.528. The molecule has 0 aliphatic carbocycles. The number of amides is 1. The summed E-state index contributed by atoms with van der Waals surface area (Å²) in [6, 6.07) is 3.69. The van der Waals surface area contributed by atoms with Gasteiger partial charge in [0.25, 0.3) is 0 Å². The zero-order chi connectivity index (χ0) is 25.6. The molecular weight excluding hydrogens is 493 g/mol. The average Bonchev–Trinajstić information content (AvgIpc) is 3.18. The third kappa shape index (κ3) is 4.53. The lowest BCUT2D eigenvalue weighted by Gasteiger charge is -2.30. The van der Waals surface area contributed by atoms with Gasteiger partial charge in [0.15, 0.2) is 17.4 Å². The number of benzene rings is 1. The first-order valence-electron chi connectivity index (χ1n) is 10.5. The molecule has 1 aromatic carbocycles. The van der Waals surface area contributed by atoms with Crippen LogP contribution in [0.2, 0.25) is 0 Å². The molecule has 1 amide bonds. The van der Waals surface area contributed by atoms with Crippen LogP contribution in [-0.2, 0) is 24.1 Å². The van der Waals surface area contributed by atoms with E-state index in [1.807, 2.05) is 0 Å². The second-order valence-corrected chi connectivity index (χ2v) is 8.12. The van der Waals surface area contributed by atoms with Gasteiger partial charge >= 0.3 is 11.9 Å². The first-order valence-corrected chi connectivity index (χ1v) is 10.5. The van der Waals surface area contributed by atoms with Gasteiger partial charge in [-0.2, -0.15) is 18.2 Å². The van der Waals surface area contributed by atoms with E-state index in [1.54, 1.807) is 4.90 Å². The molecule has 0 spiro atoms. The van der Waals surface area contributed by atoms with E-state index in [-0.39, 0.29) is 36.5 Å². The molecule has 0 radical (unpaired) electrons. The van der Waals surface area contributed by atoms with Gasteiger partial charge in [0.05, 0.1) is 30.9 Å². The van der Waals surface area contributed by atoms with E-state index in [1.165, 1.54) is 10.6 Å². The van der Waals surface area contributed by atoms with Gasteiger partial charge in [-0.1, -0.05) is 0 Å². The smallest absolute Gasteiger partial charge is 0.418 e. The van der Waals surface area contributed by atoms with Crippen molar-refractivity contribution in [3.63, 3.8) is 0 Å². The maximum atomic E-state index is 14.5. The summed E-state index contributed by atoms with van der Waals surface area (Å²) in [6.45, 7) is 0.409. The number of carbonyl (C=O) groups excluding carboxylic acids is 1. The van der Waals surface area contributed by atoms with E-state index in [9.17, 15) is 31.5 Å². The molecule has 2 aliphatic heterocycles. The normalized spacial score (nSPS) is 16.9. The Morgan fingerprint density at radius 3 is 2.56 bits per heavy atom. The molecule has 4 heterocycles. The SMILES string of the molecule is O=C1CN2c3cc(OCc4cc(F)c(Oc5cncc(C(F)(F)F)c5)c(F)c4)nc(=O)n3CC2CN1. The van der Waals surface area contributed by atoms with Gasteiger partial charge in [0.2, 0.25) is 11.8 Å². The average molecular weight is 509 g/mol. The fourth-order valence-electron chi connectivity index (χ4n) is 3.98. The van der Waals surface area contributed by atoms with Crippen molar-refractivity contribution in [2.75, 3.05) is 18.0 Å². The monoisotopic (exact) mass is 509 g/mol. The molecule has 2 aromatic heterocycles. The molecule has 1 saturated heterocycles.